The predicted molar refractivity (Wildman–Crippen MR) is 83.0 cm³/mol. The quantitative estimate of drug-likeness (QED) is 0.845. The zero-order chi connectivity index (χ0) is 15.5. The van der Waals surface area contributed by atoms with Crippen LogP contribution in [0.2, 0.25) is 5.02 Å². The molecule has 0 bridgehead atoms. The van der Waals surface area contributed by atoms with Crippen LogP contribution in [0.4, 0.5) is 11.4 Å². The van der Waals surface area contributed by atoms with Crippen LogP contribution in [-0.2, 0) is 14.6 Å². The van der Waals surface area contributed by atoms with Crippen LogP contribution >= 0.6 is 11.6 Å². The first-order valence-electron chi connectivity index (χ1n) is 6.02. The highest BCUT2D eigenvalue weighted by atomic mass is 35.5. The summed E-state index contributed by atoms with van der Waals surface area (Å²) in [6, 6.07) is 12.6. The number of nitrogens with two attached hydrogens (primary N) is 1. The molecule has 2 rings (SSSR count). The van der Waals surface area contributed by atoms with Gasteiger partial charge in [0.1, 0.15) is 5.75 Å². The molecule has 2 aromatic carbocycles. The lowest BCUT2D eigenvalue weighted by Gasteiger charge is -2.09. The monoisotopic (exact) mass is 324 g/mol. The second kappa shape index (κ2) is 6.15. The van der Waals surface area contributed by atoms with Gasteiger partial charge < -0.3 is 11.1 Å². The maximum Gasteiger partial charge on any atom is 0.240 e. The second-order valence-corrected chi connectivity index (χ2v) is 6.69. The molecule has 5 nitrogen and oxygen atoms in total. The molecular formula is C14H13ClN2O3S. The van der Waals surface area contributed by atoms with Crippen LogP contribution in [-0.4, -0.2) is 20.1 Å². The number of hydrogen-bond donors (Lipinski definition) is 2. The molecule has 0 aliphatic rings. The Morgan fingerprint density at radius 1 is 1.10 bits per heavy atom. The SMILES string of the molecule is Nc1ccccc1NC(=O)CS(=O)(=O)c1ccccc1Cl. The van der Waals surface area contributed by atoms with Gasteiger partial charge in [-0.1, -0.05) is 35.9 Å². The molecule has 7 heteroatoms. The highest BCUT2D eigenvalue weighted by molar-refractivity contribution is 7.92. The number of rotatable bonds is 4. The topological polar surface area (TPSA) is 89.3 Å². The van der Waals surface area contributed by atoms with E-state index in [0.717, 1.165) is 0 Å². The summed E-state index contributed by atoms with van der Waals surface area (Å²) in [6.07, 6.45) is 0. The Morgan fingerprint density at radius 2 is 1.71 bits per heavy atom. The summed E-state index contributed by atoms with van der Waals surface area (Å²) in [4.78, 5) is 11.8. The Bertz CT molecular complexity index is 775. The molecule has 0 aliphatic heterocycles. The standard InChI is InChI=1S/C14H13ClN2O3S/c15-10-5-1-4-8-13(10)21(19,20)9-14(18)17-12-7-3-2-6-11(12)16/h1-8H,9,16H2,(H,17,18). The summed E-state index contributed by atoms with van der Waals surface area (Å²) in [5, 5.41) is 2.56. The van der Waals surface area contributed by atoms with Gasteiger partial charge in [0.05, 0.1) is 21.3 Å². The van der Waals surface area contributed by atoms with Crippen molar-refractivity contribution in [3.05, 3.63) is 53.6 Å². The first-order valence-corrected chi connectivity index (χ1v) is 8.05. The largest absolute Gasteiger partial charge is 0.397 e. The number of amides is 1. The Labute approximate surface area is 127 Å². The number of hydrogen-bond acceptors (Lipinski definition) is 4. The third-order valence-corrected chi connectivity index (χ3v) is 4.84. The average molecular weight is 325 g/mol. The number of carbonyl (C=O) groups excluding carboxylic acids is 1. The van der Waals surface area contributed by atoms with Gasteiger partial charge in [-0.15, -0.1) is 0 Å². The summed E-state index contributed by atoms with van der Waals surface area (Å²) in [6.45, 7) is 0. The van der Waals surface area contributed by atoms with E-state index in [1.165, 1.54) is 12.1 Å². The van der Waals surface area contributed by atoms with E-state index >= 15 is 0 Å². The zero-order valence-corrected chi connectivity index (χ0v) is 12.5. The van der Waals surface area contributed by atoms with Gasteiger partial charge in [-0.3, -0.25) is 4.79 Å². The summed E-state index contributed by atoms with van der Waals surface area (Å²) >= 11 is 5.85. The van der Waals surface area contributed by atoms with E-state index in [2.05, 4.69) is 5.32 Å². The van der Waals surface area contributed by atoms with E-state index in [1.807, 2.05) is 0 Å². The van der Waals surface area contributed by atoms with Crippen molar-refractivity contribution >= 4 is 38.7 Å². The normalized spacial score (nSPS) is 11.1. The maximum absolute atomic E-state index is 12.2. The van der Waals surface area contributed by atoms with Crippen LogP contribution in [0.5, 0.6) is 0 Å². The maximum atomic E-state index is 12.2. The first-order chi connectivity index (χ1) is 9.90. The first kappa shape index (κ1) is 15.3. The van der Waals surface area contributed by atoms with E-state index in [-0.39, 0.29) is 9.92 Å². The predicted octanol–water partition coefficient (Wildman–Crippen LogP) is 2.33. The Balaban J connectivity index is 2.16. The van der Waals surface area contributed by atoms with Crippen molar-refractivity contribution in [3.63, 3.8) is 0 Å². The van der Waals surface area contributed by atoms with Gasteiger partial charge in [-0.05, 0) is 24.3 Å². The third-order valence-electron chi connectivity index (χ3n) is 2.73. The van der Waals surface area contributed by atoms with Gasteiger partial charge in [0, 0.05) is 0 Å². The highest BCUT2D eigenvalue weighted by Crippen LogP contribution is 2.22. The smallest absolute Gasteiger partial charge is 0.240 e. The molecule has 110 valence electrons. The number of carbonyl (C=O) groups is 1. The molecule has 0 spiro atoms. The number of sulfone groups is 1. The van der Waals surface area contributed by atoms with Crippen LogP contribution in [0.1, 0.15) is 0 Å². The van der Waals surface area contributed by atoms with Gasteiger partial charge in [-0.2, -0.15) is 0 Å². The molecule has 0 aromatic heterocycles. The van der Waals surface area contributed by atoms with Crippen LogP contribution in [0.15, 0.2) is 53.4 Å². The van der Waals surface area contributed by atoms with E-state index in [4.69, 9.17) is 17.3 Å². The summed E-state index contributed by atoms with van der Waals surface area (Å²) in [7, 11) is -3.81. The molecule has 1 amide bonds. The summed E-state index contributed by atoms with van der Waals surface area (Å²) in [5.74, 6) is -1.38. The Kier molecular flexibility index (Phi) is 4.50. The van der Waals surface area contributed by atoms with Crippen molar-refractivity contribution in [2.24, 2.45) is 0 Å². The Morgan fingerprint density at radius 3 is 2.38 bits per heavy atom. The van der Waals surface area contributed by atoms with Crippen molar-refractivity contribution in [1.29, 1.82) is 0 Å². The van der Waals surface area contributed by atoms with Crippen molar-refractivity contribution in [2.45, 2.75) is 4.90 Å². The van der Waals surface area contributed by atoms with Crippen molar-refractivity contribution in [1.82, 2.24) is 0 Å². The molecule has 0 saturated carbocycles. The number of nitrogens with one attached hydrogen (secondary N) is 1. The number of para-hydroxylation sites is 2. The molecule has 0 aliphatic carbocycles. The lowest BCUT2D eigenvalue weighted by atomic mass is 10.3. The van der Waals surface area contributed by atoms with E-state index in [9.17, 15) is 13.2 Å². The number of halogens is 1. The van der Waals surface area contributed by atoms with Crippen LogP contribution in [0, 0.1) is 0 Å². The molecule has 0 heterocycles. The molecule has 0 saturated heterocycles. The lowest BCUT2D eigenvalue weighted by molar-refractivity contribution is -0.113. The Hall–Kier alpha value is -2.05. The second-order valence-electron chi connectivity index (χ2n) is 4.32. The van der Waals surface area contributed by atoms with Gasteiger partial charge in [-0.25, -0.2) is 8.42 Å². The molecule has 0 fully saturated rings. The van der Waals surface area contributed by atoms with Crippen molar-refractivity contribution in [2.75, 3.05) is 16.8 Å². The summed E-state index contributed by atoms with van der Waals surface area (Å²) in [5.41, 5.74) is 6.42. The number of anilines is 2. The molecule has 0 atom stereocenters. The van der Waals surface area contributed by atoms with Crippen LogP contribution < -0.4 is 11.1 Å². The average Bonchev–Trinajstić information content (AvgIpc) is 2.41. The number of nitrogen functional groups attached to an aromatic ring is 1. The molecule has 21 heavy (non-hydrogen) atoms. The molecule has 3 N–H and O–H groups in total. The van der Waals surface area contributed by atoms with Crippen LogP contribution in [0.3, 0.4) is 0 Å². The fourth-order valence-corrected chi connectivity index (χ4v) is 3.46. The van der Waals surface area contributed by atoms with E-state index in [1.54, 1.807) is 36.4 Å². The van der Waals surface area contributed by atoms with Gasteiger partial charge in [0.2, 0.25) is 5.91 Å². The minimum atomic E-state index is -3.81. The van der Waals surface area contributed by atoms with E-state index < -0.39 is 21.5 Å². The zero-order valence-electron chi connectivity index (χ0n) is 10.9. The van der Waals surface area contributed by atoms with Gasteiger partial charge in [0.15, 0.2) is 9.84 Å². The van der Waals surface area contributed by atoms with Gasteiger partial charge >= 0.3 is 0 Å². The number of benzene rings is 2. The molecule has 0 radical (unpaired) electrons. The third kappa shape index (κ3) is 3.74. The van der Waals surface area contributed by atoms with Gasteiger partial charge in [0.25, 0.3) is 0 Å². The van der Waals surface area contributed by atoms with Crippen molar-refractivity contribution < 1.29 is 13.2 Å². The molecule has 2 aromatic rings. The van der Waals surface area contributed by atoms with Crippen LogP contribution in [0.25, 0.3) is 0 Å². The minimum Gasteiger partial charge on any atom is -0.397 e. The van der Waals surface area contributed by atoms with Crippen molar-refractivity contribution in [3.8, 4) is 0 Å². The van der Waals surface area contributed by atoms with E-state index in [0.29, 0.717) is 11.4 Å². The highest BCUT2D eigenvalue weighted by Gasteiger charge is 2.22. The summed E-state index contributed by atoms with van der Waals surface area (Å²) < 4.78 is 24.3. The molecular weight excluding hydrogens is 312 g/mol. The minimum absolute atomic E-state index is 0.0668. The molecule has 0 unspecified atom stereocenters. The lowest BCUT2D eigenvalue weighted by Crippen LogP contribution is -2.23. The fourth-order valence-electron chi connectivity index (χ4n) is 1.74. The fraction of sp³-hybridized carbons (Fsp3) is 0.0714.